The molecule has 0 fully saturated rings. The predicted octanol–water partition coefficient (Wildman–Crippen LogP) is 1.94. The Bertz CT molecular complexity index is 284. The maximum absolute atomic E-state index is 5.24. The van der Waals surface area contributed by atoms with Gasteiger partial charge in [0.15, 0.2) is 0 Å². The molecule has 0 saturated carbocycles. The topological polar surface area (TPSA) is 27.1 Å². The summed E-state index contributed by atoms with van der Waals surface area (Å²) in [7, 11) is 0. The molecule has 0 aromatic carbocycles. The van der Waals surface area contributed by atoms with Gasteiger partial charge in [-0.2, -0.15) is 0 Å². The monoisotopic (exact) mass is 280 g/mol. The van der Waals surface area contributed by atoms with Crippen molar-refractivity contribution in [1.82, 2.24) is 9.55 Å². The van der Waals surface area contributed by atoms with Gasteiger partial charge in [-0.3, -0.25) is 0 Å². The standard InChI is InChI=1S/C6H6Br2N2O/c7-5-6(8)10-1-2-11-3-4(10)9-5/h1-3H2. The lowest BCUT2D eigenvalue weighted by atomic mass is 10.5. The molecule has 5 heteroatoms. The number of fused-ring (bicyclic) bond motifs is 1. The summed E-state index contributed by atoms with van der Waals surface area (Å²) in [6.45, 7) is 2.27. The van der Waals surface area contributed by atoms with Crippen LogP contribution < -0.4 is 0 Å². The van der Waals surface area contributed by atoms with Crippen LogP contribution in [0.5, 0.6) is 0 Å². The van der Waals surface area contributed by atoms with Crippen LogP contribution in [0.25, 0.3) is 0 Å². The molecule has 0 unspecified atom stereocenters. The molecule has 3 nitrogen and oxygen atoms in total. The number of halogens is 2. The van der Waals surface area contributed by atoms with Gasteiger partial charge in [-0.05, 0) is 31.9 Å². The van der Waals surface area contributed by atoms with Gasteiger partial charge >= 0.3 is 0 Å². The Morgan fingerprint density at radius 1 is 1.45 bits per heavy atom. The van der Waals surface area contributed by atoms with Crippen molar-refractivity contribution in [2.75, 3.05) is 6.61 Å². The minimum absolute atomic E-state index is 0.615. The molecule has 0 atom stereocenters. The van der Waals surface area contributed by atoms with Gasteiger partial charge in [0, 0.05) is 6.54 Å². The smallest absolute Gasteiger partial charge is 0.139 e. The van der Waals surface area contributed by atoms with Crippen molar-refractivity contribution in [3.05, 3.63) is 15.0 Å². The Labute approximate surface area is 81.0 Å². The molecule has 2 heterocycles. The third kappa shape index (κ3) is 1.25. The summed E-state index contributed by atoms with van der Waals surface area (Å²) in [4.78, 5) is 4.26. The van der Waals surface area contributed by atoms with Crippen LogP contribution in [0.4, 0.5) is 0 Å². The second-order valence-corrected chi connectivity index (χ2v) is 3.82. The van der Waals surface area contributed by atoms with Crippen LogP contribution in [0.1, 0.15) is 5.82 Å². The van der Waals surface area contributed by atoms with Crippen LogP contribution in [-0.4, -0.2) is 16.2 Å². The van der Waals surface area contributed by atoms with Crippen LogP contribution >= 0.6 is 31.9 Å². The van der Waals surface area contributed by atoms with E-state index in [9.17, 15) is 0 Å². The molecular formula is C6H6Br2N2O. The Hall–Kier alpha value is 0.130. The van der Waals surface area contributed by atoms with Crippen LogP contribution in [-0.2, 0) is 17.9 Å². The highest BCUT2D eigenvalue weighted by atomic mass is 79.9. The van der Waals surface area contributed by atoms with E-state index >= 15 is 0 Å². The first-order valence-electron chi connectivity index (χ1n) is 3.27. The molecule has 60 valence electrons. The van der Waals surface area contributed by atoms with Gasteiger partial charge in [0.1, 0.15) is 21.6 Å². The highest BCUT2D eigenvalue weighted by molar-refractivity contribution is 9.13. The van der Waals surface area contributed by atoms with Crippen molar-refractivity contribution >= 4 is 31.9 Å². The fourth-order valence-corrected chi connectivity index (χ4v) is 1.99. The van der Waals surface area contributed by atoms with E-state index in [1.165, 1.54) is 0 Å². The summed E-state index contributed by atoms with van der Waals surface area (Å²) in [5, 5.41) is 0. The van der Waals surface area contributed by atoms with Crippen molar-refractivity contribution in [2.24, 2.45) is 0 Å². The Morgan fingerprint density at radius 2 is 2.27 bits per heavy atom. The molecule has 0 N–H and O–H groups in total. The first-order chi connectivity index (χ1) is 5.29. The lowest BCUT2D eigenvalue weighted by Gasteiger charge is -2.14. The summed E-state index contributed by atoms with van der Waals surface area (Å²) < 4.78 is 9.21. The van der Waals surface area contributed by atoms with E-state index in [4.69, 9.17) is 4.74 Å². The Kier molecular flexibility index (Phi) is 2.03. The van der Waals surface area contributed by atoms with E-state index in [1.807, 2.05) is 0 Å². The number of aromatic nitrogens is 2. The second kappa shape index (κ2) is 2.88. The summed E-state index contributed by atoms with van der Waals surface area (Å²) in [5.41, 5.74) is 0. The number of hydrogen-bond acceptors (Lipinski definition) is 2. The summed E-state index contributed by atoms with van der Waals surface area (Å²) in [6.07, 6.45) is 0. The van der Waals surface area contributed by atoms with Crippen molar-refractivity contribution in [1.29, 1.82) is 0 Å². The molecule has 0 saturated heterocycles. The van der Waals surface area contributed by atoms with Gasteiger partial charge in [0.05, 0.1) is 6.61 Å². The average molecular weight is 282 g/mol. The minimum atomic E-state index is 0.615. The van der Waals surface area contributed by atoms with Gasteiger partial charge in [0.25, 0.3) is 0 Å². The van der Waals surface area contributed by atoms with Gasteiger partial charge < -0.3 is 9.30 Å². The fraction of sp³-hybridized carbons (Fsp3) is 0.500. The first kappa shape index (κ1) is 7.76. The summed E-state index contributed by atoms with van der Waals surface area (Å²) in [5.74, 6) is 0.981. The lowest BCUT2D eigenvalue weighted by molar-refractivity contribution is 0.0809. The number of imidazole rings is 1. The van der Waals surface area contributed by atoms with E-state index in [-0.39, 0.29) is 0 Å². The average Bonchev–Trinajstić information content (AvgIpc) is 2.30. The van der Waals surface area contributed by atoms with E-state index in [2.05, 4.69) is 41.4 Å². The van der Waals surface area contributed by atoms with Crippen LogP contribution in [0.15, 0.2) is 9.21 Å². The molecule has 1 aliphatic heterocycles. The molecule has 0 radical (unpaired) electrons. The van der Waals surface area contributed by atoms with Crippen molar-refractivity contribution in [3.63, 3.8) is 0 Å². The number of ether oxygens (including phenoxy) is 1. The Balaban J connectivity index is 2.50. The van der Waals surface area contributed by atoms with E-state index in [1.54, 1.807) is 0 Å². The van der Waals surface area contributed by atoms with Crippen LogP contribution in [0.2, 0.25) is 0 Å². The normalized spacial score (nSPS) is 16.5. The van der Waals surface area contributed by atoms with E-state index < -0.39 is 0 Å². The highest BCUT2D eigenvalue weighted by Gasteiger charge is 2.16. The van der Waals surface area contributed by atoms with E-state index in [0.717, 1.165) is 28.2 Å². The van der Waals surface area contributed by atoms with Gasteiger partial charge in [-0.15, -0.1) is 0 Å². The number of hydrogen-bond donors (Lipinski definition) is 0. The van der Waals surface area contributed by atoms with E-state index in [0.29, 0.717) is 6.61 Å². The molecule has 0 spiro atoms. The molecule has 0 bridgehead atoms. The largest absolute Gasteiger partial charge is 0.372 e. The van der Waals surface area contributed by atoms with Gasteiger partial charge in [-0.1, -0.05) is 0 Å². The van der Waals surface area contributed by atoms with Crippen molar-refractivity contribution in [2.45, 2.75) is 13.2 Å². The number of rotatable bonds is 0. The van der Waals surface area contributed by atoms with Crippen molar-refractivity contribution < 1.29 is 4.74 Å². The molecule has 2 rings (SSSR count). The third-order valence-electron chi connectivity index (χ3n) is 1.64. The third-order valence-corrected chi connectivity index (χ3v) is 3.53. The maximum atomic E-state index is 5.24. The first-order valence-corrected chi connectivity index (χ1v) is 4.86. The lowest BCUT2D eigenvalue weighted by Crippen LogP contribution is -2.16. The molecular weight excluding hydrogens is 276 g/mol. The number of nitrogens with zero attached hydrogens (tertiary/aromatic N) is 2. The SMILES string of the molecule is Brc1nc2n(c1Br)CCOC2. The minimum Gasteiger partial charge on any atom is -0.372 e. The molecule has 1 aromatic rings. The zero-order valence-electron chi connectivity index (χ0n) is 5.68. The fourth-order valence-electron chi connectivity index (χ4n) is 1.10. The van der Waals surface area contributed by atoms with Crippen LogP contribution in [0, 0.1) is 0 Å². The molecule has 0 amide bonds. The second-order valence-electron chi connectivity index (χ2n) is 2.31. The Morgan fingerprint density at radius 3 is 3.00 bits per heavy atom. The van der Waals surface area contributed by atoms with Gasteiger partial charge in [0.2, 0.25) is 0 Å². The molecule has 1 aliphatic rings. The van der Waals surface area contributed by atoms with Crippen molar-refractivity contribution in [3.8, 4) is 0 Å². The summed E-state index contributed by atoms with van der Waals surface area (Å²) >= 11 is 6.78. The zero-order chi connectivity index (χ0) is 7.84. The van der Waals surface area contributed by atoms with Crippen LogP contribution in [0.3, 0.4) is 0 Å². The summed E-state index contributed by atoms with van der Waals surface area (Å²) in [6, 6.07) is 0. The highest BCUT2D eigenvalue weighted by Crippen LogP contribution is 2.25. The maximum Gasteiger partial charge on any atom is 0.139 e. The molecule has 11 heavy (non-hydrogen) atoms. The quantitative estimate of drug-likeness (QED) is 0.727. The predicted molar refractivity (Wildman–Crippen MR) is 47.3 cm³/mol. The van der Waals surface area contributed by atoms with Gasteiger partial charge in [-0.25, -0.2) is 4.98 Å². The zero-order valence-corrected chi connectivity index (χ0v) is 8.85. The molecule has 1 aromatic heterocycles. The molecule has 0 aliphatic carbocycles.